The van der Waals surface area contributed by atoms with Gasteiger partial charge in [0.05, 0.1) is 0 Å². The molecule has 0 aliphatic carbocycles. The second kappa shape index (κ2) is 9.07. The maximum Gasteiger partial charge on any atom is 0.220 e. The molecule has 2 atom stereocenters. The van der Waals surface area contributed by atoms with Crippen molar-refractivity contribution in [1.82, 2.24) is 19.1 Å². The number of aliphatic hydroxyl groups is 1. The molecule has 0 bridgehead atoms. The minimum Gasteiger partial charge on any atom is -0.384 e. The average molecular weight is 429 g/mol. The van der Waals surface area contributed by atoms with Crippen molar-refractivity contribution in [1.29, 1.82) is 0 Å². The summed E-state index contributed by atoms with van der Waals surface area (Å²) >= 11 is 0. The highest BCUT2D eigenvalue weighted by atomic mass is 32.2. The van der Waals surface area contributed by atoms with Crippen molar-refractivity contribution in [3.05, 3.63) is 82.9 Å². The fourth-order valence-electron chi connectivity index (χ4n) is 3.21. The summed E-state index contributed by atoms with van der Waals surface area (Å²) in [5.41, 5.74) is 3.99. The first-order valence-electron chi connectivity index (χ1n) is 9.80. The summed E-state index contributed by atoms with van der Waals surface area (Å²) in [6, 6.07) is 15.6. The third kappa shape index (κ3) is 4.95. The fourth-order valence-corrected chi connectivity index (χ4v) is 4.79. The quantitative estimate of drug-likeness (QED) is 0.596. The van der Waals surface area contributed by atoms with Crippen LogP contribution < -0.4 is 0 Å². The van der Waals surface area contributed by atoms with Crippen molar-refractivity contribution in [2.45, 2.75) is 45.2 Å². The number of nitrogens with zero attached hydrogens (tertiary/aromatic N) is 4. The Labute approximate surface area is 178 Å². The number of aromatic nitrogens is 3. The zero-order chi connectivity index (χ0) is 21.9. The molecule has 160 valence electrons. The third-order valence-electron chi connectivity index (χ3n) is 5.24. The van der Waals surface area contributed by atoms with Gasteiger partial charge in [0.1, 0.15) is 17.7 Å². The van der Waals surface area contributed by atoms with Crippen LogP contribution in [0.5, 0.6) is 0 Å². The van der Waals surface area contributed by atoms with Gasteiger partial charge in [-0.25, -0.2) is 13.4 Å². The highest BCUT2D eigenvalue weighted by molar-refractivity contribution is 7.89. The molecule has 0 amide bonds. The molecule has 0 saturated carbocycles. The van der Waals surface area contributed by atoms with Crippen molar-refractivity contribution in [2.75, 3.05) is 0 Å². The lowest BCUT2D eigenvalue weighted by molar-refractivity contribution is 0.158. The first-order valence-corrected chi connectivity index (χ1v) is 11.3. The van der Waals surface area contributed by atoms with Crippen LogP contribution in [0.2, 0.25) is 0 Å². The Morgan fingerprint density at radius 3 is 1.83 bits per heavy atom. The van der Waals surface area contributed by atoms with E-state index in [0.29, 0.717) is 0 Å². The zero-order valence-electron chi connectivity index (χ0n) is 17.7. The van der Waals surface area contributed by atoms with Gasteiger partial charge < -0.3 is 5.11 Å². The van der Waals surface area contributed by atoms with E-state index in [1.54, 1.807) is 7.05 Å². The SMILES string of the molecule is Cc1ccc(CN(Cc2ccc(C)cc2)S(=O)(=O)[C@H](C)[C@@H](O)c2ncnn2C)cc1. The highest BCUT2D eigenvalue weighted by Gasteiger charge is 2.36. The average Bonchev–Trinajstić information content (AvgIpc) is 3.15. The molecule has 3 rings (SSSR count). The van der Waals surface area contributed by atoms with Gasteiger partial charge in [0.2, 0.25) is 10.0 Å². The van der Waals surface area contributed by atoms with Gasteiger partial charge >= 0.3 is 0 Å². The Kier molecular flexibility index (Phi) is 6.70. The van der Waals surface area contributed by atoms with E-state index in [1.165, 1.54) is 22.2 Å². The molecule has 3 aromatic rings. The van der Waals surface area contributed by atoms with Crippen LogP contribution in [0.3, 0.4) is 0 Å². The molecule has 0 unspecified atom stereocenters. The molecule has 0 fully saturated rings. The van der Waals surface area contributed by atoms with Crippen molar-refractivity contribution in [3.63, 3.8) is 0 Å². The molecule has 0 aliphatic heterocycles. The maximum absolute atomic E-state index is 13.5. The molecular formula is C22H28N4O3S. The van der Waals surface area contributed by atoms with E-state index in [2.05, 4.69) is 10.1 Å². The molecule has 30 heavy (non-hydrogen) atoms. The van der Waals surface area contributed by atoms with Gasteiger partial charge in [-0.1, -0.05) is 59.7 Å². The minimum absolute atomic E-state index is 0.215. The van der Waals surface area contributed by atoms with E-state index in [0.717, 1.165) is 22.3 Å². The first-order chi connectivity index (χ1) is 14.2. The van der Waals surface area contributed by atoms with Crippen LogP contribution in [0.25, 0.3) is 0 Å². The van der Waals surface area contributed by atoms with Crippen LogP contribution in [-0.2, 0) is 30.2 Å². The molecule has 1 N–H and O–H groups in total. The largest absolute Gasteiger partial charge is 0.384 e. The number of benzene rings is 2. The lowest BCUT2D eigenvalue weighted by atomic mass is 10.1. The molecule has 0 spiro atoms. The van der Waals surface area contributed by atoms with E-state index in [4.69, 9.17) is 0 Å². The van der Waals surface area contributed by atoms with Gasteiger partial charge in [-0.2, -0.15) is 9.40 Å². The Bertz CT molecular complexity index is 1030. The maximum atomic E-state index is 13.5. The number of hydrogen-bond acceptors (Lipinski definition) is 5. The van der Waals surface area contributed by atoms with Crippen LogP contribution in [0.4, 0.5) is 0 Å². The van der Waals surface area contributed by atoms with Crippen molar-refractivity contribution < 1.29 is 13.5 Å². The Hall–Kier alpha value is -2.55. The van der Waals surface area contributed by atoms with E-state index in [1.807, 2.05) is 62.4 Å². The van der Waals surface area contributed by atoms with Crippen molar-refractivity contribution in [2.24, 2.45) is 7.05 Å². The van der Waals surface area contributed by atoms with Gasteiger partial charge in [0.15, 0.2) is 5.82 Å². The Morgan fingerprint density at radius 1 is 0.967 bits per heavy atom. The molecular weight excluding hydrogens is 400 g/mol. The highest BCUT2D eigenvalue weighted by Crippen LogP contribution is 2.25. The number of sulfonamides is 1. The molecule has 1 heterocycles. The van der Waals surface area contributed by atoms with E-state index in [-0.39, 0.29) is 18.9 Å². The Morgan fingerprint density at radius 2 is 1.43 bits per heavy atom. The summed E-state index contributed by atoms with van der Waals surface area (Å²) in [6.07, 6.45) is 0.00916. The summed E-state index contributed by atoms with van der Waals surface area (Å²) in [4.78, 5) is 4.02. The van der Waals surface area contributed by atoms with Gasteiger partial charge in [0.25, 0.3) is 0 Å². The Balaban J connectivity index is 1.92. The summed E-state index contributed by atoms with van der Waals surface area (Å²) in [5, 5.41) is 13.6. The second-order valence-electron chi connectivity index (χ2n) is 7.68. The predicted octanol–water partition coefficient (Wildman–Crippen LogP) is 2.89. The van der Waals surface area contributed by atoms with Gasteiger partial charge in [-0.05, 0) is 31.9 Å². The smallest absolute Gasteiger partial charge is 0.220 e. The number of aryl methyl sites for hydroxylation is 3. The lowest BCUT2D eigenvalue weighted by Gasteiger charge is -2.28. The van der Waals surface area contributed by atoms with E-state index >= 15 is 0 Å². The number of rotatable bonds is 8. The topological polar surface area (TPSA) is 88.3 Å². The summed E-state index contributed by atoms with van der Waals surface area (Å²) in [7, 11) is -2.23. The van der Waals surface area contributed by atoms with Gasteiger partial charge in [-0.3, -0.25) is 4.68 Å². The monoisotopic (exact) mass is 428 g/mol. The van der Waals surface area contributed by atoms with Crippen LogP contribution in [0.15, 0.2) is 54.9 Å². The minimum atomic E-state index is -3.86. The fraction of sp³-hybridized carbons (Fsp3) is 0.364. The zero-order valence-corrected chi connectivity index (χ0v) is 18.5. The van der Waals surface area contributed by atoms with Gasteiger partial charge in [-0.15, -0.1) is 0 Å². The molecule has 8 heteroatoms. The summed E-state index contributed by atoms with van der Waals surface area (Å²) in [5.74, 6) is 0.219. The second-order valence-corrected chi connectivity index (χ2v) is 9.97. The number of aliphatic hydroxyl groups excluding tert-OH is 1. The van der Waals surface area contributed by atoms with Gasteiger partial charge in [0, 0.05) is 20.1 Å². The van der Waals surface area contributed by atoms with E-state index in [9.17, 15) is 13.5 Å². The number of hydrogen-bond donors (Lipinski definition) is 1. The normalized spacial score (nSPS) is 14.1. The summed E-state index contributed by atoms with van der Waals surface area (Å²) in [6.45, 7) is 5.92. The molecule has 0 aliphatic rings. The van der Waals surface area contributed by atoms with Crippen LogP contribution >= 0.6 is 0 Å². The predicted molar refractivity (Wildman–Crippen MR) is 116 cm³/mol. The molecule has 0 radical (unpaired) electrons. The molecule has 0 saturated heterocycles. The molecule has 7 nitrogen and oxygen atoms in total. The standard InChI is InChI=1S/C22H28N4O3S/c1-16-5-9-19(10-6-16)13-26(14-20-11-7-17(2)8-12-20)30(28,29)18(3)21(27)22-23-15-24-25(22)4/h5-12,15,18,21,27H,13-14H2,1-4H3/t18-,21-/m1/s1. The third-order valence-corrected chi connectivity index (χ3v) is 7.42. The van der Waals surface area contributed by atoms with Crippen LogP contribution in [-0.4, -0.2) is 37.8 Å². The van der Waals surface area contributed by atoms with Crippen molar-refractivity contribution in [3.8, 4) is 0 Å². The molecule has 2 aromatic carbocycles. The first kappa shape index (κ1) is 22.1. The summed E-state index contributed by atoms with van der Waals surface area (Å²) < 4.78 is 29.9. The van der Waals surface area contributed by atoms with E-state index < -0.39 is 21.4 Å². The van der Waals surface area contributed by atoms with Crippen LogP contribution in [0, 0.1) is 13.8 Å². The lowest BCUT2D eigenvalue weighted by Crippen LogP contribution is -2.40. The molecule has 1 aromatic heterocycles. The van der Waals surface area contributed by atoms with Crippen molar-refractivity contribution >= 4 is 10.0 Å². The van der Waals surface area contributed by atoms with Crippen LogP contribution in [0.1, 0.15) is 41.1 Å².